The molecule has 4 nitrogen and oxygen atoms in total. The molecule has 0 spiro atoms. The number of anilines is 1. The van der Waals surface area contributed by atoms with Crippen molar-refractivity contribution >= 4 is 50.7 Å². The van der Waals surface area contributed by atoms with Gasteiger partial charge in [0.1, 0.15) is 17.3 Å². The van der Waals surface area contributed by atoms with E-state index in [2.05, 4.69) is 21.2 Å². The summed E-state index contributed by atoms with van der Waals surface area (Å²) < 4.78 is 19.9. The topological polar surface area (TPSA) is 58.6 Å². The molecule has 0 fully saturated rings. The van der Waals surface area contributed by atoms with Crippen LogP contribution in [0.4, 0.5) is 10.1 Å². The predicted molar refractivity (Wildman–Crippen MR) is 95.6 cm³/mol. The van der Waals surface area contributed by atoms with Gasteiger partial charge in [0.15, 0.2) is 0 Å². The third-order valence-corrected chi connectivity index (χ3v) is 4.10. The van der Waals surface area contributed by atoms with E-state index in [9.17, 15) is 14.3 Å². The van der Waals surface area contributed by atoms with Crippen LogP contribution in [0.1, 0.15) is 12.8 Å². The van der Waals surface area contributed by atoms with E-state index in [1.165, 1.54) is 0 Å². The third kappa shape index (κ3) is 5.26. The van der Waals surface area contributed by atoms with Gasteiger partial charge in [0.05, 0.1) is 22.3 Å². The summed E-state index contributed by atoms with van der Waals surface area (Å²) in [6, 6.07) is 7.23. The Morgan fingerprint density at radius 1 is 1.25 bits per heavy atom. The van der Waals surface area contributed by atoms with E-state index in [1.807, 2.05) is 0 Å². The number of ether oxygens (including phenoxy) is 1. The summed E-state index contributed by atoms with van der Waals surface area (Å²) in [5, 5.41) is 12.1. The fourth-order valence-corrected chi connectivity index (χ4v) is 2.74. The lowest BCUT2D eigenvalue weighted by molar-refractivity contribution is -0.116. The smallest absolute Gasteiger partial charge is 0.224 e. The lowest BCUT2D eigenvalue weighted by Crippen LogP contribution is -2.14. The molecule has 0 unspecified atom stereocenters. The van der Waals surface area contributed by atoms with Gasteiger partial charge in [-0.05, 0) is 30.7 Å². The van der Waals surface area contributed by atoms with Gasteiger partial charge < -0.3 is 15.2 Å². The van der Waals surface area contributed by atoms with Crippen LogP contribution in [-0.4, -0.2) is 17.6 Å². The molecule has 0 aromatic heterocycles. The van der Waals surface area contributed by atoms with Crippen molar-refractivity contribution in [1.29, 1.82) is 0 Å². The van der Waals surface area contributed by atoms with E-state index in [0.717, 1.165) is 16.6 Å². The quantitative estimate of drug-likeness (QED) is 0.470. The summed E-state index contributed by atoms with van der Waals surface area (Å²) in [5.41, 5.74) is -0.0836. The highest BCUT2D eigenvalue weighted by molar-refractivity contribution is 9.10. The van der Waals surface area contributed by atoms with Crippen LogP contribution < -0.4 is 10.1 Å². The summed E-state index contributed by atoms with van der Waals surface area (Å²) in [4.78, 5) is 11.8. The van der Waals surface area contributed by atoms with Crippen molar-refractivity contribution in [2.75, 3.05) is 11.9 Å². The molecule has 0 aliphatic carbocycles. The molecule has 1 amide bonds. The molecule has 8 heteroatoms. The van der Waals surface area contributed by atoms with Crippen LogP contribution >= 0.6 is 39.1 Å². The van der Waals surface area contributed by atoms with Crippen molar-refractivity contribution in [2.45, 2.75) is 12.8 Å². The van der Waals surface area contributed by atoms with Gasteiger partial charge in [0, 0.05) is 17.0 Å². The molecule has 2 N–H and O–H groups in total. The summed E-state index contributed by atoms with van der Waals surface area (Å²) in [7, 11) is 0. The summed E-state index contributed by atoms with van der Waals surface area (Å²) in [5.74, 6) is -1.01. The number of amides is 1. The van der Waals surface area contributed by atoms with Crippen molar-refractivity contribution in [3.63, 3.8) is 0 Å². The predicted octanol–water partition coefficient (Wildman–Crippen LogP) is 5.40. The fraction of sp³-hybridized carbons (Fsp3) is 0.188. The number of phenolic OH excluding ortho intramolecular Hbond substituents is 1. The average Bonchev–Trinajstić information content (AvgIpc) is 2.51. The minimum Gasteiger partial charge on any atom is -0.506 e. The highest BCUT2D eigenvalue weighted by Crippen LogP contribution is 2.29. The lowest BCUT2D eigenvalue weighted by Gasteiger charge is -2.09. The Balaban J connectivity index is 1.80. The molecule has 0 bridgehead atoms. The Morgan fingerprint density at radius 3 is 2.71 bits per heavy atom. The Bertz CT molecular complexity index is 758. The van der Waals surface area contributed by atoms with Gasteiger partial charge in [0.2, 0.25) is 5.91 Å². The molecule has 24 heavy (non-hydrogen) atoms. The molecule has 2 aromatic carbocycles. The maximum Gasteiger partial charge on any atom is 0.224 e. The minimum absolute atomic E-state index is 0.0417. The van der Waals surface area contributed by atoms with Crippen LogP contribution in [0.25, 0.3) is 0 Å². The normalized spacial score (nSPS) is 10.5. The summed E-state index contributed by atoms with van der Waals surface area (Å²) >= 11 is 15.0. The minimum atomic E-state index is -0.761. The molecule has 2 rings (SSSR count). The van der Waals surface area contributed by atoms with Gasteiger partial charge in [-0.15, -0.1) is 0 Å². The second-order valence-electron chi connectivity index (χ2n) is 4.86. The molecule has 0 saturated carbocycles. The van der Waals surface area contributed by atoms with Crippen molar-refractivity contribution in [3.8, 4) is 11.5 Å². The monoisotopic (exact) mass is 435 g/mol. The number of hydrogen-bond acceptors (Lipinski definition) is 3. The molecule has 2 aromatic rings. The largest absolute Gasteiger partial charge is 0.506 e. The zero-order chi connectivity index (χ0) is 17.7. The van der Waals surface area contributed by atoms with Gasteiger partial charge in [-0.3, -0.25) is 4.79 Å². The molecule has 0 atom stereocenters. The average molecular weight is 437 g/mol. The van der Waals surface area contributed by atoms with Gasteiger partial charge in [0.25, 0.3) is 0 Å². The number of rotatable bonds is 6. The first-order valence-electron chi connectivity index (χ1n) is 6.92. The van der Waals surface area contributed by atoms with Crippen molar-refractivity contribution in [1.82, 2.24) is 0 Å². The van der Waals surface area contributed by atoms with Crippen LogP contribution in [0.3, 0.4) is 0 Å². The van der Waals surface area contributed by atoms with E-state index in [1.54, 1.807) is 18.2 Å². The summed E-state index contributed by atoms with van der Waals surface area (Å²) in [6.07, 6.45) is 0.553. The first-order chi connectivity index (χ1) is 11.4. The molecular weight excluding hydrogens is 424 g/mol. The van der Waals surface area contributed by atoms with E-state index in [0.29, 0.717) is 17.2 Å². The maximum atomic E-state index is 13.6. The SMILES string of the molecule is O=C(CCCOc1ccc(Br)cc1Cl)Nc1cc(Cl)c(O)cc1F. The van der Waals surface area contributed by atoms with Crippen LogP contribution in [0.2, 0.25) is 10.0 Å². The third-order valence-electron chi connectivity index (χ3n) is 3.01. The number of aromatic hydroxyl groups is 1. The maximum absolute atomic E-state index is 13.6. The Morgan fingerprint density at radius 2 is 2.00 bits per heavy atom. The lowest BCUT2D eigenvalue weighted by atomic mass is 10.2. The first-order valence-corrected chi connectivity index (χ1v) is 8.47. The van der Waals surface area contributed by atoms with Crippen LogP contribution in [0.5, 0.6) is 11.5 Å². The van der Waals surface area contributed by atoms with Crippen molar-refractivity contribution in [3.05, 3.63) is 50.7 Å². The van der Waals surface area contributed by atoms with Gasteiger partial charge in [-0.2, -0.15) is 0 Å². The zero-order valence-corrected chi connectivity index (χ0v) is 15.4. The van der Waals surface area contributed by atoms with Crippen LogP contribution in [-0.2, 0) is 4.79 Å². The van der Waals surface area contributed by atoms with Gasteiger partial charge in [-0.1, -0.05) is 39.1 Å². The molecule has 128 valence electrons. The van der Waals surface area contributed by atoms with Crippen molar-refractivity contribution in [2.24, 2.45) is 0 Å². The van der Waals surface area contributed by atoms with Crippen LogP contribution in [0, 0.1) is 5.82 Å². The fourth-order valence-electron chi connectivity index (χ4n) is 1.85. The number of carbonyl (C=O) groups excluding carboxylic acids is 1. The summed E-state index contributed by atoms with van der Waals surface area (Å²) in [6.45, 7) is 0.285. The molecule has 0 aliphatic heterocycles. The Labute approximate surface area is 156 Å². The zero-order valence-electron chi connectivity index (χ0n) is 12.3. The highest BCUT2D eigenvalue weighted by atomic mass is 79.9. The number of hydrogen-bond donors (Lipinski definition) is 2. The van der Waals surface area contributed by atoms with E-state index < -0.39 is 5.82 Å². The number of halogens is 4. The van der Waals surface area contributed by atoms with Gasteiger partial charge >= 0.3 is 0 Å². The molecule has 0 aliphatic rings. The number of carbonyl (C=O) groups is 1. The second-order valence-corrected chi connectivity index (χ2v) is 6.59. The second kappa shape index (κ2) is 8.55. The van der Waals surface area contributed by atoms with E-state index in [-0.39, 0.29) is 35.4 Å². The molecule has 0 radical (unpaired) electrons. The first kappa shape index (κ1) is 18.8. The highest BCUT2D eigenvalue weighted by Gasteiger charge is 2.11. The molecular formula is C16H13BrCl2FNO3. The van der Waals surface area contributed by atoms with E-state index in [4.69, 9.17) is 27.9 Å². The van der Waals surface area contributed by atoms with Gasteiger partial charge in [-0.25, -0.2) is 4.39 Å². The van der Waals surface area contributed by atoms with Crippen LogP contribution in [0.15, 0.2) is 34.8 Å². The van der Waals surface area contributed by atoms with Crippen molar-refractivity contribution < 1.29 is 19.0 Å². The van der Waals surface area contributed by atoms with E-state index >= 15 is 0 Å². The number of phenols is 1. The Kier molecular flexibility index (Phi) is 6.71. The number of nitrogens with one attached hydrogen (secondary N) is 1. The number of benzene rings is 2. The standard InChI is InChI=1S/C16H13BrCl2FNO3/c17-9-3-4-15(11(19)6-9)24-5-1-2-16(23)21-13-7-10(18)14(22)8-12(13)20/h3-4,6-8,22H,1-2,5H2,(H,21,23). The molecule has 0 saturated heterocycles. The Hall–Kier alpha value is -1.50. The molecule has 0 heterocycles.